The first-order valence-corrected chi connectivity index (χ1v) is 8.81. The molecule has 2 aromatic rings. The van der Waals surface area contributed by atoms with Crippen LogP contribution in [0.2, 0.25) is 0 Å². The van der Waals surface area contributed by atoms with Gasteiger partial charge in [-0.3, -0.25) is 0 Å². The van der Waals surface area contributed by atoms with E-state index in [1.807, 2.05) is 0 Å². The topological polar surface area (TPSA) is 41.0 Å². The van der Waals surface area contributed by atoms with Gasteiger partial charge in [0.05, 0.1) is 5.39 Å². The van der Waals surface area contributed by atoms with Crippen LogP contribution in [0.25, 0.3) is 10.2 Å². The number of rotatable bonds is 4. The van der Waals surface area contributed by atoms with Gasteiger partial charge in [-0.1, -0.05) is 0 Å². The normalized spacial score (nSPS) is 20.3. The van der Waals surface area contributed by atoms with E-state index in [0.717, 1.165) is 29.7 Å². The molecule has 1 aliphatic heterocycles. The van der Waals surface area contributed by atoms with Crippen molar-refractivity contribution in [3.63, 3.8) is 0 Å². The van der Waals surface area contributed by atoms with Crippen molar-refractivity contribution in [2.45, 2.75) is 38.6 Å². The number of nitrogens with one attached hydrogen (secondary N) is 1. The van der Waals surface area contributed by atoms with Crippen molar-refractivity contribution >= 4 is 27.4 Å². The summed E-state index contributed by atoms with van der Waals surface area (Å²) < 4.78 is 0. The summed E-state index contributed by atoms with van der Waals surface area (Å²) in [6.45, 7) is 5.57. The van der Waals surface area contributed by atoms with Gasteiger partial charge in [-0.2, -0.15) is 0 Å². The van der Waals surface area contributed by atoms with Gasteiger partial charge in [-0.25, -0.2) is 9.97 Å². The van der Waals surface area contributed by atoms with Crippen LogP contribution in [-0.4, -0.2) is 35.6 Å². The molecule has 2 aromatic heterocycles. The lowest BCUT2D eigenvalue weighted by molar-refractivity contribution is 0.408. The molecule has 0 atom stereocenters. The fourth-order valence-electron chi connectivity index (χ4n) is 3.17. The average Bonchev–Trinajstić information content (AvgIpc) is 3.25. The number of thiophene rings is 1. The Bertz CT molecular complexity index is 626. The van der Waals surface area contributed by atoms with Crippen molar-refractivity contribution in [2.24, 2.45) is 5.92 Å². The van der Waals surface area contributed by atoms with E-state index >= 15 is 0 Å². The Hall–Kier alpha value is -1.20. The molecular weight excluding hydrogens is 280 g/mol. The van der Waals surface area contributed by atoms with Gasteiger partial charge in [0.1, 0.15) is 17.0 Å². The Labute approximate surface area is 129 Å². The van der Waals surface area contributed by atoms with E-state index in [1.54, 1.807) is 17.7 Å². The second-order valence-electron chi connectivity index (χ2n) is 6.39. The van der Waals surface area contributed by atoms with Crippen LogP contribution in [0.15, 0.2) is 12.4 Å². The minimum absolute atomic E-state index is 0.698. The van der Waals surface area contributed by atoms with Crippen molar-refractivity contribution < 1.29 is 0 Å². The van der Waals surface area contributed by atoms with Crippen molar-refractivity contribution in [2.75, 3.05) is 24.5 Å². The molecule has 4 rings (SSSR count). The van der Waals surface area contributed by atoms with Crippen LogP contribution in [0.1, 0.15) is 30.6 Å². The van der Waals surface area contributed by atoms with Crippen LogP contribution in [0.5, 0.6) is 0 Å². The molecular formula is C16H22N4S. The quantitative estimate of drug-likeness (QED) is 0.943. The lowest BCUT2D eigenvalue weighted by Crippen LogP contribution is -2.43. The number of nitrogens with zero attached hydrogens (tertiary/aromatic N) is 3. The van der Waals surface area contributed by atoms with Crippen LogP contribution in [0, 0.1) is 12.8 Å². The van der Waals surface area contributed by atoms with E-state index < -0.39 is 0 Å². The summed E-state index contributed by atoms with van der Waals surface area (Å²) in [4.78, 5) is 13.8. The Kier molecular flexibility index (Phi) is 3.55. The average molecular weight is 302 g/mol. The van der Waals surface area contributed by atoms with Crippen molar-refractivity contribution in [1.29, 1.82) is 0 Å². The molecule has 1 saturated carbocycles. The predicted octanol–water partition coefficient (Wildman–Crippen LogP) is 2.97. The van der Waals surface area contributed by atoms with Crippen LogP contribution >= 0.6 is 11.3 Å². The number of piperidine rings is 1. The standard InChI is InChI=1S/C16H22N4S/c1-11-8-14-15(18-10-19-16(14)21-11)20-6-4-13(5-7-20)17-9-12-2-3-12/h8,10,12-13,17H,2-7,9H2,1H3. The van der Waals surface area contributed by atoms with Crippen molar-refractivity contribution in [1.82, 2.24) is 15.3 Å². The van der Waals surface area contributed by atoms with Gasteiger partial charge < -0.3 is 10.2 Å². The van der Waals surface area contributed by atoms with Crippen LogP contribution < -0.4 is 10.2 Å². The zero-order chi connectivity index (χ0) is 14.2. The summed E-state index contributed by atoms with van der Waals surface area (Å²) in [5.41, 5.74) is 0. The molecule has 2 fully saturated rings. The maximum atomic E-state index is 4.55. The van der Waals surface area contributed by atoms with Gasteiger partial charge in [-0.05, 0) is 51.1 Å². The summed E-state index contributed by atoms with van der Waals surface area (Å²) in [6, 6.07) is 2.93. The van der Waals surface area contributed by atoms with E-state index in [2.05, 4.69) is 33.2 Å². The third-order valence-corrected chi connectivity index (χ3v) is 5.58. The Morgan fingerprint density at radius 1 is 1.24 bits per heavy atom. The molecule has 1 saturated heterocycles. The van der Waals surface area contributed by atoms with E-state index in [9.17, 15) is 0 Å². The summed E-state index contributed by atoms with van der Waals surface area (Å²) in [5.74, 6) is 2.10. The second-order valence-corrected chi connectivity index (χ2v) is 7.62. The minimum Gasteiger partial charge on any atom is -0.356 e. The molecule has 5 heteroatoms. The van der Waals surface area contributed by atoms with Crippen LogP contribution in [0.4, 0.5) is 5.82 Å². The van der Waals surface area contributed by atoms with Crippen molar-refractivity contribution in [3.05, 3.63) is 17.3 Å². The minimum atomic E-state index is 0.698. The van der Waals surface area contributed by atoms with Gasteiger partial charge in [0.25, 0.3) is 0 Å². The lowest BCUT2D eigenvalue weighted by atomic mass is 10.0. The smallest absolute Gasteiger partial charge is 0.140 e. The van der Waals surface area contributed by atoms with Gasteiger partial charge in [-0.15, -0.1) is 11.3 Å². The van der Waals surface area contributed by atoms with Gasteiger partial charge in [0.2, 0.25) is 0 Å². The van der Waals surface area contributed by atoms with E-state index in [0.29, 0.717) is 6.04 Å². The zero-order valence-electron chi connectivity index (χ0n) is 12.5. The van der Waals surface area contributed by atoms with E-state index in [1.165, 1.54) is 42.5 Å². The molecule has 0 spiro atoms. The summed E-state index contributed by atoms with van der Waals surface area (Å²) in [7, 11) is 0. The molecule has 0 unspecified atom stereocenters. The molecule has 3 heterocycles. The molecule has 0 bridgehead atoms. The lowest BCUT2D eigenvalue weighted by Gasteiger charge is -2.33. The SMILES string of the molecule is Cc1cc2c(N3CCC(NCC4CC4)CC3)ncnc2s1. The molecule has 0 radical (unpaired) electrons. The van der Waals surface area contributed by atoms with Gasteiger partial charge in [0.15, 0.2) is 0 Å². The maximum Gasteiger partial charge on any atom is 0.140 e. The first-order valence-electron chi connectivity index (χ1n) is 7.99. The molecule has 21 heavy (non-hydrogen) atoms. The number of aryl methyl sites for hydroxylation is 1. The summed E-state index contributed by atoms with van der Waals surface area (Å²) >= 11 is 1.76. The Morgan fingerprint density at radius 2 is 2.05 bits per heavy atom. The highest BCUT2D eigenvalue weighted by Crippen LogP contribution is 2.31. The zero-order valence-corrected chi connectivity index (χ0v) is 13.3. The summed E-state index contributed by atoms with van der Waals surface area (Å²) in [5, 5.41) is 4.97. The fourth-order valence-corrected chi connectivity index (χ4v) is 4.01. The van der Waals surface area contributed by atoms with Gasteiger partial charge in [0, 0.05) is 24.0 Å². The van der Waals surface area contributed by atoms with Gasteiger partial charge >= 0.3 is 0 Å². The number of fused-ring (bicyclic) bond motifs is 1. The second kappa shape index (κ2) is 5.54. The first-order chi connectivity index (χ1) is 10.3. The number of aromatic nitrogens is 2. The Balaban J connectivity index is 1.44. The molecule has 0 amide bonds. The number of anilines is 1. The highest BCUT2D eigenvalue weighted by atomic mass is 32.1. The highest BCUT2D eigenvalue weighted by molar-refractivity contribution is 7.18. The highest BCUT2D eigenvalue weighted by Gasteiger charge is 2.25. The molecule has 0 aromatic carbocycles. The third-order valence-electron chi connectivity index (χ3n) is 4.62. The van der Waals surface area contributed by atoms with E-state index in [-0.39, 0.29) is 0 Å². The Morgan fingerprint density at radius 3 is 2.81 bits per heavy atom. The summed E-state index contributed by atoms with van der Waals surface area (Å²) in [6.07, 6.45) is 7.03. The van der Waals surface area contributed by atoms with Crippen LogP contribution in [0.3, 0.4) is 0 Å². The monoisotopic (exact) mass is 302 g/mol. The molecule has 2 aliphatic rings. The maximum absolute atomic E-state index is 4.55. The molecule has 4 nitrogen and oxygen atoms in total. The third kappa shape index (κ3) is 2.90. The number of hydrogen-bond acceptors (Lipinski definition) is 5. The van der Waals surface area contributed by atoms with Crippen LogP contribution in [-0.2, 0) is 0 Å². The largest absolute Gasteiger partial charge is 0.356 e. The fraction of sp³-hybridized carbons (Fsp3) is 0.625. The molecule has 1 N–H and O–H groups in total. The molecule has 112 valence electrons. The number of hydrogen-bond donors (Lipinski definition) is 1. The van der Waals surface area contributed by atoms with E-state index in [4.69, 9.17) is 0 Å². The molecule has 1 aliphatic carbocycles. The predicted molar refractivity (Wildman–Crippen MR) is 88.1 cm³/mol. The van der Waals surface area contributed by atoms with Crippen molar-refractivity contribution in [3.8, 4) is 0 Å². The first kappa shape index (κ1) is 13.5.